The van der Waals surface area contributed by atoms with Gasteiger partial charge in [-0.2, -0.15) is 0 Å². The highest BCUT2D eigenvalue weighted by Gasteiger charge is 2.53. The normalized spacial score (nSPS) is 21.3. The maximum Gasteiger partial charge on any atom is 0.480 e. The Morgan fingerprint density at radius 2 is 1.81 bits per heavy atom. The number of benzene rings is 1. The van der Waals surface area contributed by atoms with Crippen LogP contribution in [-0.4, -0.2) is 28.4 Å². The van der Waals surface area contributed by atoms with Crippen LogP contribution in [0.25, 0.3) is 0 Å². The fourth-order valence-electron chi connectivity index (χ4n) is 2.10. The molecular weight excluding hydrogens is 275 g/mol. The summed E-state index contributed by atoms with van der Waals surface area (Å²) in [5.74, 6) is -0.950. The van der Waals surface area contributed by atoms with Gasteiger partial charge in [0, 0.05) is 17.7 Å². The minimum atomic E-state index is -0.828. The summed E-state index contributed by atoms with van der Waals surface area (Å²) >= 11 is 0. The SMILES string of the molecule is CC1(C)OB([C@H](N)c2cc([N+](=O)[O-])ccc2O)OC1(C)C. The summed E-state index contributed by atoms with van der Waals surface area (Å²) in [7, 11) is -0.789. The average Bonchev–Trinajstić information content (AvgIpc) is 2.58. The lowest BCUT2D eigenvalue weighted by Crippen LogP contribution is -2.41. The van der Waals surface area contributed by atoms with Crippen LogP contribution < -0.4 is 5.73 Å². The standard InChI is InChI=1S/C13H19BN2O5/c1-12(2)13(3,4)21-14(20-12)11(15)9-7-8(16(18)19)5-6-10(9)17/h5-7,11,17H,15H2,1-4H3/t11-/m1/s1. The molecule has 1 aromatic rings. The Kier molecular flexibility index (Phi) is 3.73. The third-order valence-electron chi connectivity index (χ3n) is 4.15. The molecule has 114 valence electrons. The van der Waals surface area contributed by atoms with Crippen molar-refractivity contribution >= 4 is 12.8 Å². The highest BCUT2D eigenvalue weighted by atomic mass is 16.7. The molecule has 21 heavy (non-hydrogen) atoms. The molecule has 0 radical (unpaired) electrons. The smallest absolute Gasteiger partial charge is 0.480 e. The predicted octanol–water partition coefficient (Wildman–Crippen LogP) is 1.93. The molecule has 0 unspecified atom stereocenters. The van der Waals surface area contributed by atoms with Gasteiger partial charge in [0.2, 0.25) is 0 Å². The van der Waals surface area contributed by atoms with Gasteiger partial charge in [-0.3, -0.25) is 10.1 Å². The average molecular weight is 294 g/mol. The Labute approximate surface area is 123 Å². The molecule has 3 N–H and O–H groups in total. The second-order valence-electron chi connectivity index (χ2n) is 6.15. The first-order valence-electron chi connectivity index (χ1n) is 6.64. The Balaban J connectivity index is 2.31. The quantitative estimate of drug-likeness (QED) is 0.501. The molecule has 2 rings (SSSR count). The summed E-state index contributed by atoms with van der Waals surface area (Å²) in [5, 5.41) is 20.7. The molecule has 7 nitrogen and oxygen atoms in total. The molecule has 0 aliphatic carbocycles. The van der Waals surface area contributed by atoms with E-state index >= 15 is 0 Å². The van der Waals surface area contributed by atoms with Crippen LogP contribution in [0.15, 0.2) is 18.2 Å². The monoisotopic (exact) mass is 294 g/mol. The molecule has 1 aliphatic rings. The van der Waals surface area contributed by atoms with Gasteiger partial charge in [-0.05, 0) is 33.8 Å². The molecule has 1 aliphatic heterocycles. The van der Waals surface area contributed by atoms with Crippen LogP contribution in [-0.2, 0) is 9.31 Å². The molecule has 1 fully saturated rings. The molecule has 1 atom stereocenters. The van der Waals surface area contributed by atoms with Gasteiger partial charge in [-0.15, -0.1) is 0 Å². The number of nitro groups is 1. The summed E-state index contributed by atoms with van der Waals surface area (Å²) in [4.78, 5) is 10.3. The van der Waals surface area contributed by atoms with Crippen LogP contribution in [0.2, 0.25) is 0 Å². The van der Waals surface area contributed by atoms with Gasteiger partial charge in [0.1, 0.15) is 5.75 Å². The lowest BCUT2D eigenvalue weighted by molar-refractivity contribution is -0.384. The van der Waals surface area contributed by atoms with Gasteiger partial charge in [0.05, 0.1) is 22.1 Å². The first-order chi connectivity index (χ1) is 9.55. The number of phenols is 1. The third-order valence-corrected chi connectivity index (χ3v) is 4.15. The second-order valence-corrected chi connectivity index (χ2v) is 6.15. The lowest BCUT2D eigenvalue weighted by atomic mass is 9.74. The molecular formula is C13H19BN2O5. The largest absolute Gasteiger partial charge is 0.508 e. The van der Waals surface area contributed by atoms with Crippen molar-refractivity contribution in [2.24, 2.45) is 5.73 Å². The van der Waals surface area contributed by atoms with Crippen LogP contribution in [0.3, 0.4) is 0 Å². The van der Waals surface area contributed by atoms with Gasteiger partial charge >= 0.3 is 7.12 Å². The first kappa shape index (κ1) is 15.7. The Morgan fingerprint density at radius 3 is 2.29 bits per heavy atom. The van der Waals surface area contributed by atoms with E-state index in [1.807, 2.05) is 27.7 Å². The third kappa shape index (κ3) is 2.74. The van der Waals surface area contributed by atoms with E-state index in [1.54, 1.807) is 0 Å². The number of hydrogen-bond donors (Lipinski definition) is 2. The van der Waals surface area contributed by atoms with Gasteiger partial charge in [0.15, 0.2) is 0 Å². The van der Waals surface area contributed by atoms with Crippen molar-refractivity contribution < 1.29 is 19.3 Å². The fourth-order valence-corrected chi connectivity index (χ4v) is 2.10. The summed E-state index contributed by atoms with van der Waals surface area (Å²) < 4.78 is 11.6. The summed E-state index contributed by atoms with van der Waals surface area (Å²) in [6.45, 7) is 7.53. The summed E-state index contributed by atoms with van der Waals surface area (Å²) in [6.07, 6.45) is 0. The molecule has 1 saturated heterocycles. The number of nitrogens with zero attached hydrogens (tertiary/aromatic N) is 1. The van der Waals surface area contributed by atoms with Crippen molar-refractivity contribution in [3.8, 4) is 5.75 Å². The molecule has 0 saturated carbocycles. The molecule has 0 amide bonds. The number of phenolic OH excluding ortho intramolecular Hbond substituents is 1. The van der Waals surface area contributed by atoms with Crippen molar-refractivity contribution in [3.63, 3.8) is 0 Å². The molecule has 0 aromatic heterocycles. The molecule has 0 bridgehead atoms. The summed E-state index contributed by atoms with van der Waals surface area (Å²) in [6, 6.07) is 3.71. The van der Waals surface area contributed by atoms with E-state index in [0.717, 1.165) is 0 Å². The van der Waals surface area contributed by atoms with Gasteiger partial charge in [-0.25, -0.2) is 0 Å². The van der Waals surface area contributed by atoms with Crippen molar-refractivity contribution in [2.75, 3.05) is 0 Å². The lowest BCUT2D eigenvalue weighted by Gasteiger charge is -2.32. The minimum absolute atomic E-state index is 0.122. The fraction of sp³-hybridized carbons (Fsp3) is 0.538. The number of hydrogen-bond acceptors (Lipinski definition) is 6. The highest BCUT2D eigenvalue weighted by molar-refractivity contribution is 6.47. The zero-order valence-corrected chi connectivity index (χ0v) is 12.5. The zero-order chi connectivity index (χ0) is 16.0. The van der Waals surface area contributed by atoms with Crippen molar-refractivity contribution in [1.82, 2.24) is 0 Å². The predicted molar refractivity (Wildman–Crippen MR) is 77.8 cm³/mol. The van der Waals surface area contributed by atoms with E-state index in [4.69, 9.17) is 15.0 Å². The Morgan fingerprint density at radius 1 is 1.29 bits per heavy atom. The van der Waals surface area contributed by atoms with Gasteiger partial charge < -0.3 is 20.1 Å². The van der Waals surface area contributed by atoms with Crippen molar-refractivity contribution in [3.05, 3.63) is 33.9 Å². The van der Waals surface area contributed by atoms with Crippen LogP contribution >= 0.6 is 0 Å². The second kappa shape index (κ2) is 4.97. The number of rotatable bonds is 3. The Hall–Kier alpha value is -1.64. The zero-order valence-electron chi connectivity index (χ0n) is 12.5. The molecule has 1 heterocycles. The molecule has 0 spiro atoms. The maximum atomic E-state index is 10.8. The minimum Gasteiger partial charge on any atom is -0.508 e. The topological polar surface area (TPSA) is 108 Å². The van der Waals surface area contributed by atoms with Crippen LogP contribution in [0.1, 0.15) is 39.2 Å². The van der Waals surface area contributed by atoms with Gasteiger partial charge in [-0.1, -0.05) is 0 Å². The van der Waals surface area contributed by atoms with E-state index in [1.165, 1.54) is 18.2 Å². The van der Waals surface area contributed by atoms with E-state index in [-0.39, 0.29) is 17.0 Å². The number of non-ortho nitro benzene ring substituents is 1. The van der Waals surface area contributed by atoms with Crippen LogP contribution in [0.5, 0.6) is 5.75 Å². The van der Waals surface area contributed by atoms with E-state index in [2.05, 4.69) is 0 Å². The highest BCUT2D eigenvalue weighted by Crippen LogP contribution is 2.41. The number of aromatic hydroxyl groups is 1. The van der Waals surface area contributed by atoms with E-state index in [0.29, 0.717) is 0 Å². The van der Waals surface area contributed by atoms with Crippen molar-refractivity contribution in [2.45, 2.75) is 44.8 Å². The first-order valence-corrected chi connectivity index (χ1v) is 6.64. The number of nitrogens with two attached hydrogens (primary N) is 1. The molecule has 1 aromatic carbocycles. The van der Waals surface area contributed by atoms with Crippen LogP contribution in [0.4, 0.5) is 5.69 Å². The maximum absolute atomic E-state index is 10.8. The van der Waals surface area contributed by atoms with E-state index in [9.17, 15) is 15.2 Å². The van der Waals surface area contributed by atoms with E-state index < -0.39 is 29.2 Å². The summed E-state index contributed by atoms with van der Waals surface area (Å²) in [5.41, 5.74) is 5.03. The number of nitro benzene ring substituents is 1. The Bertz CT molecular complexity index is 560. The molecule has 8 heteroatoms. The van der Waals surface area contributed by atoms with Gasteiger partial charge in [0.25, 0.3) is 5.69 Å². The van der Waals surface area contributed by atoms with Crippen molar-refractivity contribution in [1.29, 1.82) is 0 Å². The van der Waals surface area contributed by atoms with Crippen LogP contribution in [0, 0.1) is 10.1 Å².